The van der Waals surface area contributed by atoms with Gasteiger partial charge in [-0.25, -0.2) is 4.79 Å². The van der Waals surface area contributed by atoms with Crippen molar-refractivity contribution < 1.29 is 19.1 Å². The number of rotatable bonds is 3. The number of anilines is 2. The molecular formula is C14H16N4O4. The van der Waals surface area contributed by atoms with Gasteiger partial charge in [-0.1, -0.05) is 0 Å². The largest absolute Gasteiger partial charge is 0.379 e. The van der Waals surface area contributed by atoms with Gasteiger partial charge in [0.05, 0.1) is 31.1 Å². The number of hydrogen-bond acceptors (Lipinski definition) is 5. The fourth-order valence-corrected chi connectivity index (χ4v) is 2.60. The summed E-state index contributed by atoms with van der Waals surface area (Å²) in [7, 11) is 0. The van der Waals surface area contributed by atoms with Crippen LogP contribution >= 0.6 is 0 Å². The van der Waals surface area contributed by atoms with Gasteiger partial charge in [-0.05, 0) is 18.2 Å². The monoisotopic (exact) mass is 304 g/mol. The molecule has 2 aliphatic heterocycles. The molecule has 1 aromatic carbocycles. The lowest BCUT2D eigenvalue weighted by Crippen LogP contribution is -2.45. The minimum absolute atomic E-state index is 0.282. The second kappa shape index (κ2) is 5.74. The molecule has 0 aliphatic carbocycles. The number of fused-ring (bicyclic) bond motifs is 1. The number of benzene rings is 1. The number of nitrogens with two attached hydrogens (primary N) is 1. The third kappa shape index (κ3) is 2.66. The Kier molecular flexibility index (Phi) is 3.78. The minimum atomic E-state index is -0.720. The molecule has 0 unspecified atom stereocenters. The number of morpholine rings is 1. The van der Waals surface area contributed by atoms with Gasteiger partial charge in [-0.3, -0.25) is 19.4 Å². The normalized spacial score (nSPS) is 18.5. The van der Waals surface area contributed by atoms with Crippen molar-refractivity contribution in [2.75, 3.05) is 43.2 Å². The molecule has 8 nitrogen and oxygen atoms in total. The van der Waals surface area contributed by atoms with E-state index < -0.39 is 17.7 Å². The molecule has 22 heavy (non-hydrogen) atoms. The van der Waals surface area contributed by atoms with Gasteiger partial charge in [0, 0.05) is 18.8 Å². The number of nitrogens with one attached hydrogen (secondary N) is 1. The van der Waals surface area contributed by atoms with E-state index >= 15 is 0 Å². The SMILES string of the molecule is NC(=O)Nc1ccc2c(c1)C(=O)C(=O)N2CN1CCOCC1. The highest BCUT2D eigenvalue weighted by molar-refractivity contribution is 6.52. The maximum absolute atomic E-state index is 12.2. The van der Waals surface area contributed by atoms with E-state index in [9.17, 15) is 14.4 Å². The zero-order valence-corrected chi connectivity index (χ0v) is 11.9. The molecule has 1 saturated heterocycles. The average Bonchev–Trinajstić information content (AvgIpc) is 2.73. The second-order valence-corrected chi connectivity index (χ2v) is 5.16. The van der Waals surface area contributed by atoms with Crippen molar-refractivity contribution in [3.63, 3.8) is 0 Å². The highest BCUT2D eigenvalue weighted by Gasteiger charge is 2.37. The Hall–Kier alpha value is -2.45. The fourth-order valence-electron chi connectivity index (χ4n) is 2.60. The van der Waals surface area contributed by atoms with Crippen LogP contribution in [0.4, 0.5) is 16.2 Å². The van der Waals surface area contributed by atoms with Crippen LogP contribution in [-0.2, 0) is 9.53 Å². The Morgan fingerprint density at radius 1 is 1.27 bits per heavy atom. The maximum atomic E-state index is 12.2. The lowest BCUT2D eigenvalue weighted by molar-refractivity contribution is -0.114. The van der Waals surface area contributed by atoms with Gasteiger partial charge in [0.25, 0.3) is 5.78 Å². The summed E-state index contributed by atoms with van der Waals surface area (Å²) in [5.74, 6) is -1.13. The third-order valence-corrected chi connectivity index (χ3v) is 3.68. The van der Waals surface area contributed by atoms with Crippen LogP contribution in [0.5, 0.6) is 0 Å². The predicted octanol–water partition coefficient (Wildman–Crippen LogP) is -0.00380. The molecule has 8 heteroatoms. The van der Waals surface area contributed by atoms with Crippen LogP contribution in [0, 0.1) is 0 Å². The molecule has 0 bridgehead atoms. The van der Waals surface area contributed by atoms with Gasteiger partial charge < -0.3 is 15.8 Å². The van der Waals surface area contributed by atoms with Gasteiger partial charge >= 0.3 is 11.9 Å². The van der Waals surface area contributed by atoms with E-state index in [1.54, 1.807) is 12.1 Å². The summed E-state index contributed by atoms with van der Waals surface area (Å²) in [6.45, 7) is 3.02. The topological polar surface area (TPSA) is 105 Å². The number of amides is 3. The third-order valence-electron chi connectivity index (χ3n) is 3.68. The molecule has 0 spiro atoms. The first-order valence-electron chi connectivity index (χ1n) is 6.93. The highest BCUT2D eigenvalue weighted by Crippen LogP contribution is 2.31. The zero-order chi connectivity index (χ0) is 15.7. The Morgan fingerprint density at radius 3 is 2.68 bits per heavy atom. The lowest BCUT2D eigenvalue weighted by Gasteiger charge is -2.30. The Balaban J connectivity index is 1.84. The van der Waals surface area contributed by atoms with Crippen LogP contribution < -0.4 is 16.0 Å². The van der Waals surface area contributed by atoms with Gasteiger partial charge in [0.2, 0.25) is 0 Å². The maximum Gasteiger partial charge on any atom is 0.316 e. The number of urea groups is 1. The molecule has 0 atom stereocenters. The van der Waals surface area contributed by atoms with E-state index in [2.05, 4.69) is 10.2 Å². The van der Waals surface area contributed by atoms with Crippen LogP contribution in [0.3, 0.4) is 0 Å². The number of carbonyl (C=O) groups excluding carboxylic acids is 3. The van der Waals surface area contributed by atoms with Crippen molar-refractivity contribution in [2.45, 2.75) is 0 Å². The molecule has 3 N–H and O–H groups in total. The van der Waals surface area contributed by atoms with Gasteiger partial charge in [-0.15, -0.1) is 0 Å². The number of primary amides is 1. The zero-order valence-electron chi connectivity index (χ0n) is 11.9. The molecule has 2 heterocycles. The van der Waals surface area contributed by atoms with Crippen LogP contribution in [-0.4, -0.2) is 55.6 Å². The molecule has 3 rings (SSSR count). The summed E-state index contributed by atoms with van der Waals surface area (Å²) < 4.78 is 5.27. The van der Waals surface area contributed by atoms with Crippen LogP contribution in [0.1, 0.15) is 10.4 Å². The molecule has 116 valence electrons. The summed E-state index contributed by atoms with van der Waals surface area (Å²) in [5, 5.41) is 2.40. The number of ketones is 1. The summed E-state index contributed by atoms with van der Waals surface area (Å²) in [5.41, 5.74) is 6.28. The summed E-state index contributed by atoms with van der Waals surface area (Å²) >= 11 is 0. The molecule has 0 saturated carbocycles. The summed E-state index contributed by atoms with van der Waals surface area (Å²) in [4.78, 5) is 38.7. The summed E-state index contributed by atoms with van der Waals surface area (Å²) in [6.07, 6.45) is 0. The number of ether oxygens (including phenoxy) is 1. The van der Waals surface area contributed by atoms with Crippen molar-refractivity contribution in [3.8, 4) is 0 Å². The lowest BCUT2D eigenvalue weighted by atomic mass is 10.1. The minimum Gasteiger partial charge on any atom is -0.379 e. The Morgan fingerprint density at radius 2 is 2.00 bits per heavy atom. The van der Waals surface area contributed by atoms with E-state index in [0.29, 0.717) is 44.3 Å². The van der Waals surface area contributed by atoms with Crippen molar-refractivity contribution in [1.29, 1.82) is 0 Å². The molecular weight excluding hydrogens is 288 g/mol. The molecule has 0 aromatic heterocycles. The van der Waals surface area contributed by atoms with Crippen molar-refractivity contribution in [3.05, 3.63) is 23.8 Å². The first-order chi connectivity index (χ1) is 10.6. The highest BCUT2D eigenvalue weighted by atomic mass is 16.5. The van der Waals surface area contributed by atoms with Crippen LogP contribution in [0.25, 0.3) is 0 Å². The number of nitrogens with zero attached hydrogens (tertiary/aromatic N) is 2. The standard InChI is InChI=1S/C14H16N4O4/c15-14(21)16-9-1-2-11-10(7-9)12(19)13(20)18(11)8-17-3-5-22-6-4-17/h1-2,7H,3-6,8H2,(H3,15,16,21). The van der Waals surface area contributed by atoms with Crippen molar-refractivity contribution in [1.82, 2.24) is 4.90 Å². The van der Waals surface area contributed by atoms with Crippen molar-refractivity contribution in [2.24, 2.45) is 5.73 Å². The summed E-state index contributed by atoms with van der Waals surface area (Å²) in [6, 6.07) is 4.01. The first-order valence-corrected chi connectivity index (χ1v) is 6.93. The molecule has 0 radical (unpaired) electrons. The quantitative estimate of drug-likeness (QED) is 0.765. The molecule has 1 aromatic rings. The smallest absolute Gasteiger partial charge is 0.316 e. The van der Waals surface area contributed by atoms with Gasteiger partial charge in [0.1, 0.15) is 0 Å². The molecule has 3 amide bonds. The van der Waals surface area contributed by atoms with Crippen LogP contribution in [0.2, 0.25) is 0 Å². The second-order valence-electron chi connectivity index (χ2n) is 5.16. The first kappa shape index (κ1) is 14.5. The van der Waals surface area contributed by atoms with E-state index in [1.165, 1.54) is 11.0 Å². The number of hydrogen-bond donors (Lipinski definition) is 2. The Bertz CT molecular complexity index is 640. The van der Waals surface area contributed by atoms with Crippen molar-refractivity contribution >= 4 is 29.1 Å². The van der Waals surface area contributed by atoms with Crippen LogP contribution in [0.15, 0.2) is 18.2 Å². The number of carbonyl (C=O) groups is 3. The fraction of sp³-hybridized carbons (Fsp3) is 0.357. The predicted molar refractivity (Wildman–Crippen MR) is 78.7 cm³/mol. The van der Waals surface area contributed by atoms with Gasteiger partial charge in [-0.2, -0.15) is 0 Å². The van der Waals surface area contributed by atoms with E-state index in [0.717, 1.165) is 0 Å². The molecule has 2 aliphatic rings. The van der Waals surface area contributed by atoms with Gasteiger partial charge in [0.15, 0.2) is 0 Å². The Labute approximate surface area is 126 Å². The van der Waals surface area contributed by atoms with E-state index in [-0.39, 0.29) is 5.56 Å². The van der Waals surface area contributed by atoms with E-state index in [4.69, 9.17) is 10.5 Å². The average molecular weight is 304 g/mol. The van der Waals surface area contributed by atoms with E-state index in [1.807, 2.05) is 0 Å². The molecule has 1 fully saturated rings. The number of Topliss-reactive ketones (excluding diaryl/α,β-unsaturated/α-hetero) is 1.